The fourth-order valence-electron chi connectivity index (χ4n) is 2.27. The number of nitrogens with one attached hydrogen (secondary N) is 2. The second-order valence-corrected chi connectivity index (χ2v) is 5.03. The van der Waals surface area contributed by atoms with Crippen LogP contribution in [0.5, 0.6) is 0 Å². The lowest BCUT2D eigenvalue weighted by atomic mass is 10.3. The number of amides is 1. The number of hydrogen-bond donors (Lipinski definition) is 2. The number of carbonyl (C=O) groups is 1. The zero-order chi connectivity index (χ0) is 15.4. The Morgan fingerprint density at radius 2 is 2.36 bits per heavy atom. The van der Waals surface area contributed by atoms with Crippen molar-refractivity contribution in [2.45, 2.75) is 6.10 Å². The number of likely N-dealkylation sites (N-methyl/N-ethyl adjacent to an activating group) is 1. The molecule has 0 aliphatic carbocycles. The fraction of sp³-hybridized carbons (Fsp3) is 0.538. The number of anilines is 1. The number of imidazole rings is 1. The minimum absolute atomic E-state index is 0.0821. The number of rotatable bonds is 5. The van der Waals surface area contributed by atoms with E-state index >= 15 is 0 Å². The van der Waals surface area contributed by atoms with Gasteiger partial charge in [0.1, 0.15) is 11.8 Å². The third-order valence-corrected chi connectivity index (χ3v) is 3.36. The first-order valence-electron chi connectivity index (χ1n) is 7.05. The van der Waals surface area contributed by atoms with Crippen molar-refractivity contribution >= 4 is 22.9 Å². The minimum atomic E-state index is -0.108. The fourth-order valence-corrected chi connectivity index (χ4v) is 2.27. The van der Waals surface area contributed by atoms with E-state index in [0.717, 1.165) is 0 Å². The van der Waals surface area contributed by atoms with Gasteiger partial charge < -0.3 is 24.7 Å². The number of aromatic amines is 1. The lowest BCUT2D eigenvalue weighted by molar-refractivity contribution is -0.122. The molecule has 9 nitrogen and oxygen atoms in total. The van der Waals surface area contributed by atoms with Crippen molar-refractivity contribution in [1.29, 1.82) is 0 Å². The van der Waals surface area contributed by atoms with Crippen LogP contribution in [0.25, 0.3) is 11.2 Å². The van der Waals surface area contributed by atoms with Crippen LogP contribution in [0.1, 0.15) is 0 Å². The number of hydrogen-bond acceptors (Lipinski definition) is 7. The second-order valence-electron chi connectivity index (χ2n) is 5.03. The van der Waals surface area contributed by atoms with Crippen molar-refractivity contribution in [3.05, 3.63) is 12.7 Å². The molecule has 3 rings (SSSR count). The molecule has 1 unspecified atom stereocenters. The van der Waals surface area contributed by atoms with E-state index in [0.29, 0.717) is 43.3 Å². The molecule has 22 heavy (non-hydrogen) atoms. The Morgan fingerprint density at radius 3 is 3.18 bits per heavy atom. The Bertz CT molecular complexity index is 639. The van der Waals surface area contributed by atoms with E-state index in [1.807, 2.05) is 0 Å². The maximum absolute atomic E-state index is 12.0. The van der Waals surface area contributed by atoms with Crippen molar-refractivity contribution in [2.24, 2.45) is 0 Å². The number of ether oxygens (including phenoxy) is 2. The molecular weight excluding hydrogens is 288 g/mol. The highest BCUT2D eigenvalue weighted by molar-refractivity contribution is 5.86. The molecule has 118 valence electrons. The third kappa shape index (κ3) is 3.31. The molecule has 3 heterocycles. The van der Waals surface area contributed by atoms with Gasteiger partial charge in [-0.15, -0.1) is 0 Å². The smallest absolute Gasteiger partial charge is 0.239 e. The second kappa shape index (κ2) is 6.67. The van der Waals surface area contributed by atoms with Crippen molar-refractivity contribution in [3.8, 4) is 0 Å². The monoisotopic (exact) mass is 306 g/mol. The van der Waals surface area contributed by atoms with Gasteiger partial charge in [-0.05, 0) is 0 Å². The molecule has 0 spiro atoms. The summed E-state index contributed by atoms with van der Waals surface area (Å²) in [5.41, 5.74) is 1.28. The summed E-state index contributed by atoms with van der Waals surface area (Å²) >= 11 is 0. The molecule has 1 saturated heterocycles. The number of aromatic nitrogens is 4. The summed E-state index contributed by atoms with van der Waals surface area (Å²) in [6.07, 6.45) is 2.90. The molecule has 1 fully saturated rings. The molecule has 0 saturated carbocycles. The summed E-state index contributed by atoms with van der Waals surface area (Å²) in [6, 6.07) is 0. The topological polar surface area (TPSA) is 105 Å². The zero-order valence-electron chi connectivity index (χ0n) is 12.3. The van der Waals surface area contributed by atoms with Crippen LogP contribution < -0.4 is 10.2 Å². The molecule has 1 aliphatic rings. The molecule has 1 atom stereocenters. The van der Waals surface area contributed by atoms with Crippen molar-refractivity contribution in [3.63, 3.8) is 0 Å². The molecule has 0 bridgehead atoms. The molecule has 0 aromatic carbocycles. The van der Waals surface area contributed by atoms with Crippen LogP contribution in [0.15, 0.2) is 12.7 Å². The number of nitrogens with zero attached hydrogens (tertiary/aromatic N) is 4. The molecule has 2 N–H and O–H groups in total. The first kappa shape index (κ1) is 14.7. The van der Waals surface area contributed by atoms with Crippen molar-refractivity contribution in [1.82, 2.24) is 25.3 Å². The SMILES string of the molecule is CN(CC(=O)NCC1COCCO1)c1ncnc2nc[nH]c12. The lowest BCUT2D eigenvalue weighted by Crippen LogP contribution is -2.43. The van der Waals surface area contributed by atoms with Gasteiger partial charge in [-0.2, -0.15) is 0 Å². The largest absolute Gasteiger partial charge is 0.376 e. The normalized spacial score (nSPS) is 18.3. The van der Waals surface area contributed by atoms with Gasteiger partial charge in [-0.25, -0.2) is 15.0 Å². The summed E-state index contributed by atoms with van der Waals surface area (Å²) in [7, 11) is 1.79. The minimum Gasteiger partial charge on any atom is -0.376 e. The summed E-state index contributed by atoms with van der Waals surface area (Å²) in [6.45, 7) is 2.31. The van der Waals surface area contributed by atoms with Crippen LogP contribution in [-0.4, -0.2) is 71.9 Å². The molecule has 1 aliphatic heterocycles. The maximum Gasteiger partial charge on any atom is 0.239 e. The number of H-pyrrole nitrogens is 1. The van der Waals surface area contributed by atoms with Crippen LogP contribution in [0.3, 0.4) is 0 Å². The predicted molar refractivity (Wildman–Crippen MR) is 78.5 cm³/mol. The average molecular weight is 306 g/mol. The van der Waals surface area contributed by atoms with E-state index in [1.54, 1.807) is 18.3 Å². The quantitative estimate of drug-likeness (QED) is 0.754. The highest BCUT2D eigenvalue weighted by atomic mass is 16.6. The average Bonchev–Trinajstić information content (AvgIpc) is 3.02. The van der Waals surface area contributed by atoms with Crippen molar-refractivity contribution in [2.75, 3.05) is 44.9 Å². The molecular formula is C13H18N6O3. The summed E-state index contributed by atoms with van der Waals surface area (Å²) in [4.78, 5) is 29.1. The van der Waals surface area contributed by atoms with Crippen LogP contribution in [0.2, 0.25) is 0 Å². The van der Waals surface area contributed by atoms with Gasteiger partial charge in [0.2, 0.25) is 5.91 Å². The summed E-state index contributed by atoms with van der Waals surface area (Å²) in [5, 5.41) is 2.84. The van der Waals surface area contributed by atoms with E-state index < -0.39 is 0 Å². The number of fused-ring (bicyclic) bond motifs is 1. The molecule has 0 radical (unpaired) electrons. The Kier molecular flexibility index (Phi) is 4.45. The molecule has 1 amide bonds. The van der Waals surface area contributed by atoms with Crippen LogP contribution >= 0.6 is 0 Å². The van der Waals surface area contributed by atoms with Crippen LogP contribution in [0, 0.1) is 0 Å². The third-order valence-electron chi connectivity index (χ3n) is 3.36. The first-order chi connectivity index (χ1) is 10.7. The van der Waals surface area contributed by atoms with Gasteiger partial charge in [0.05, 0.1) is 38.8 Å². The summed E-state index contributed by atoms with van der Waals surface area (Å²) < 4.78 is 10.8. The Morgan fingerprint density at radius 1 is 1.45 bits per heavy atom. The molecule has 9 heteroatoms. The number of carbonyl (C=O) groups excluding carboxylic acids is 1. The van der Waals surface area contributed by atoms with E-state index in [-0.39, 0.29) is 18.6 Å². The van der Waals surface area contributed by atoms with Gasteiger partial charge in [0, 0.05) is 13.6 Å². The van der Waals surface area contributed by atoms with E-state index in [1.165, 1.54) is 6.33 Å². The van der Waals surface area contributed by atoms with E-state index in [2.05, 4.69) is 25.3 Å². The van der Waals surface area contributed by atoms with Gasteiger partial charge >= 0.3 is 0 Å². The Labute approximate surface area is 127 Å². The zero-order valence-corrected chi connectivity index (χ0v) is 12.3. The first-order valence-corrected chi connectivity index (χ1v) is 7.05. The van der Waals surface area contributed by atoms with Gasteiger partial charge in [-0.3, -0.25) is 4.79 Å². The highest BCUT2D eigenvalue weighted by Crippen LogP contribution is 2.17. The van der Waals surface area contributed by atoms with E-state index in [4.69, 9.17) is 9.47 Å². The van der Waals surface area contributed by atoms with Gasteiger partial charge in [-0.1, -0.05) is 0 Å². The summed E-state index contributed by atoms with van der Waals surface area (Å²) in [5.74, 6) is 0.526. The molecule has 2 aromatic rings. The predicted octanol–water partition coefficient (Wildman–Crippen LogP) is -0.679. The van der Waals surface area contributed by atoms with Gasteiger partial charge in [0.15, 0.2) is 11.5 Å². The van der Waals surface area contributed by atoms with Crippen LogP contribution in [0.4, 0.5) is 5.82 Å². The van der Waals surface area contributed by atoms with Gasteiger partial charge in [0.25, 0.3) is 0 Å². The standard InChI is InChI=1S/C13H18N6O3/c1-19(13-11-12(16-7-15-11)17-8-18-13)5-10(20)14-4-9-6-21-2-3-22-9/h7-9H,2-6H2,1H3,(H,14,20)(H,15,16,17,18). The maximum atomic E-state index is 12.0. The Balaban J connectivity index is 1.55. The highest BCUT2D eigenvalue weighted by Gasteiger charge is 2.17. The van der Waals surface area contributed by atoms with Crippen molar-refractivity contribution < 1.29 is 14.3 Å². The van der Waals surface area contributed by atoms with E-state index in [9.17, 15) is 4.79 Å². The molecule has 2 aromatic heterocycles. The Hall–Kier alpha value is -2.26. The van der Waals surface area contributed by atoms with Crippen LogP contribution in [-0.2, 0) is 14.3 Å². The lowest BCUT2D eigenvalue weighted by Gasteiger charge is -2.24.